The van der Waals surface area contributed by atoms with E-state index in [2.05, 4.69) is 114 Å². The Labute approximate surface area is 290 Å². The van der Waals surface area contributed by atoms with Gasteiger partial charge in [-0.3, -0.25) is 0 Å². The van der Waals surface area contributed by atoms with Gasteiger partial charge in [0.2, 0.25) is 0 Å². The van der Waals surface area contributed by atoms with Crippen LogP contribution in [-0.4, -0.2) is 19.5 Å². The van der Waals surface area contributed by atoms with Gasteiger partial charge < -0.3 is 13.4 Å². The number of hydrogen-bond donors (Lipinski definition) is 0. The van der Waals surface area contributed by atoms with Crippen molar-refractivity contribution >= 4 is 65.7 Å². The number of hydrogen-bond acceptors (Lipinski definition) is 5. The highest BCUT2D eigenvalue weighted by Crippen LogP contribution is 2.36. The first-order valence-corrected chi connectivity index (χ1v) is 16.9. The summed E-state index contributed by atoms with van der Waals surface area (Å²) in [5.74, 6) is 1.70. The van der Waals surface area contributed by atoms with E-state index in [0.29, 0.717) is 17.5 Å². The summed E-state index contributed by atoms with van der Waals surface area (Å²) < 4.78 is 14.8. The molecule has 11 rings (SSSR count). The Morgan fingerprint density at radius 2 is 0.765 bits per heavy atom. The maximum atomic E-state index is 6.26. The molecule has 0 N–H and O–H groups in total. The molecule has 0 radical (unpaired) electrons. The molecule has 238 valence electrons. The van der Waals surface area contributed by atoms with Crippen molar-refractivity contribution in [3.05, 3.63) is 158 Å². The summed E-state index contributed by atoms with van der Waals surface area (Å²) in [7, 11) is 0. The van der Waals surface area contributed by atoms with E-state index in [4.69, 9.17) is 23.8 Å². The van der Waals surface area contributed by atoms with Gasteiger partial charge in [0, 0.05) is 54.7 Å². The maximum Gasteiger partial charge on any atom is 0.164 e. The van der Waals surface area contributed by atoms with Gasteiger partial charge in [-0.2, -0.15) is 0 Å². The first-order valence-electron chi connectivity index (χ1n) is 16.9. The first-order chi connectivity index (χ1) is 25.2. The fourth-order valence-electron chi connectivity index (χ4n) is 7.48. The van der Waals surface area contributed by atoms with Crippen LogP contribution in [-0.2, 0) is 0 Å². The van der Waals surface area contributed by atoms with Gasteiger partial charge in [-0.1, -0.05) is 97.1 Å². The Balaban J connectivity index is 1.12. The van der Waals surface area contributed by atoms with Gasteiger partial charge in [0.15, 0.2) is 17.5 Å². The predicted molar refractivity (Wildman–Crippen MR) is 205 cm³/mol. The molecule has 4 aromatic heterocycles. The summed E-state index contributed by atoms with van der Waals surface area (Å²) in [4.78, 5) is 15.3. The van der Waals surface area contributed by atoms with E-state index in [9.17, 15) is 0 Å². The number of aromatic nitrogens is 4. The zero-order valence-corrected chi connectivity index (χ0v) is 27.1. The standard InChI is InChI=1S/C45H26N4O2/c1-5-16-37-31(12-1)32-13-2-6-17-38(32)49(37)30-11-9-10-27(24-30)43-46-44(28-20-22-35-33-14-3-7-18-39(33)50-41(35)25-28)48-45(47-43)29-21-23-36-34-15-4-8-19-40(34)51-42(36)26-29/h1-26H. The fraction of sp³-hybridized carbons (Fsp3) is 0. The second-order valence-electron chi connectivity index (χ2n) is 12.8. The third-order valence-electron chi connectivity index (χ3n) is 9.85. The number of benzene rings is 7. The molecule has 0 aliphatic rings. The zero-order chi connectivity index (χ0) is 33.5. The molecule has 0 atom stereocenters. The molecule has 51 heavy (non-hydrogen) atoms. The average molecular weight is 655 g/mol. The highest BCUT2D eigenvalue weighted by molar-refractivity contribution is 6.09. The third-order valence-corrected chi connectivity index (χ3v) is 9.85. The van der Waals surface area contributed by atoms with Crippen LogP contribution in [0.25, 0.3) is 106 Å². The Morgan fingerprint density at radius 3 is 1.29 bits per heavy atom. The van der Waals surface area contributed by atoms with Crippen molar-refractivity contribution in [2.75, 3.05) is 0 Å². The second-order valence-corrected chi connectivity index (χ2v) is 12.8. The van der Waals surface area contributed by atoms with Gasteiger partial charge in [-0.25, -0.2) is 15.0 Å². The Kier molecular flexibility index (Phi) is 5.86. The van der Waals surface area contributed by atoms with Crippen LogP contribution in [0.15, 0.2) is 167 Å². The van der Waals surface area contributed by atoms with Crippen molar-refractivity contribution in [2.45, 2.75) is 0 Å². The molecule has 0 unspecified atom stereocenters. The number of rotatable bonds is 4. The van der Waals surface area contributed by atoms with E-state index < -0.39 is 0 Å². The summed E-state index contributed by atoms with van der Waals surface area (Å²) in [6, 6.07) is 54.0. The molecule has 0 aliphatic heterocycles. The summed E-state index contributed by atoms with van der Waals surface area (Å²) in [5, 5.41) is 6.70. The molecule has 0 saturated carbocycles. The summed E-state index contributed by atoms with van der Waals surface area (Å²) in [6.07, 6.45) is 0. The van der Waals surface area contributed by atoms with Crippen molar-refractivity contribution in [2.24, 2.45) is 0 Å². The predicted octanol–water partition coefficient (Wildman–Crippen LogP) is 11.8. The molecular weight excluding hydrogens is 629 g/mol. The van der Waals surface area contributed by atoms with Crippen molar-refractivity contribution < 1.29 is 8.83 Å². The minimum Gasteiger partial charge on any atom is -0.456 e. The van der Waals surface area contributed by atoms with Gasteiger partial charge in [0.25, 0.3) is 0 Å². The molecular formula is C45H26N4O2. The topological polar surface area (TPSA) is 69.9 Å². The fourth-order valence-corrected chi connectivity index (χ4v) is 7.48. The smallest absolute Gasteiger partial charge is 0.164 e. The zero-order valence-electron chi connectivity index (χ0n) is 27.1. The van der Waals surface area contributed by atoms with Crippen molar-refractivity contribution in [1.82, 2.24) is 19.5 Å². The molecule has 0 aliphatic carbocycles. The molecule has 0 bridgehead atoms. The van der Waals surface area contributed by atoms with Gasteiger partial charge in [-0.15, -0.1) is 0 Å². The van der Waals surface area contributed by atoms with Crippen LogP contribution in [0.3, 0.4) is 0 Å². The number of para-hydroxylation sites is 4. The third kappa shape index (κ3) is 4.33. The lowest BCUT2D eigenvalue weighted by molar-refractivity contribution is 0.668. The Morgan fingerprint density at radius 1 is 0.333 bits per heavy atom. The number of nitrogens with zero attached hydrogens (tertiary/aromatic N) is 4. The minimum absolute atomic E-state index is 0.560. The molecule has 4 heterocycles. The van der Waals surface area contributed by atoms with Crippen LogP contribution >= 0.6 is 0 Å². The SMILES string of the molecule is c1cc(-c2nc(-c3ccc4c(c3)oc3ccccc34)nc(-c3ccc4c(c3)oc3ccccc34)n2)cc(-n2c3ccccc3c3ccccc32)c1. The Hall–Kier alpha value is -7.05. The normalized spacial score (nSPS) is 11.9. The van der Waals surface area contributed by atoms with Gasteiger partial charge in [0.05, 0.1) is 11.0 Å². The van der Waals surface area contributed by atoms with Gasteiger partial charge in [0.1, 0.15) is 22.3 Å². The van der Waals surface area contributed by atoms with E-state index in [1.807, 2.05) is 48.5 Å². The van der Waals surface area contributed by atoms with Crippen LogP contribution < -0.4 is 0 Å². The van der Waals surface area contributed by atoms with Crippen LogP contribution in [0.4, 0.5) is 0 Å². The number of furan rings is 2. The summed E-state index contributed by atoms with van der Waals surface area (Å²) >= 11 is 0. The first kappa shape index (κ1) is 27.9. The van der Waals surface area contributed by atoms with Crippen LogP contribution in [0.2, 0.25) is 0 Å². The molecule has 0 saturated heterocycles. The minimum atomic E-state index is 0.560. The highest BCUT2D eigenvalue weighted by Gasteiger charge is 2.18. The lowest BCUT2D eigenvalue weighted by Gasteiger charge is -2.11. The lowest BCUT2D eigenvalue weighted by atomic mass is 10.1. The largest absolute Gasteiger partial charge is 0.456 e. The van der Waals surface area contributed by atoms with E-state index in [1.165, 1.54) is 10.8 Å². The lowest BCUT2D eigenvalue weighted by Crippen LogP contribution is -2.01. The maximum absolute atomic E-state index is 6.26. The van der Waals surface area contributed by atoms with Crippen molar-refractivity contribution in [3.8, 4) is 39.9 Å². The van der Waals surface area contributed by atoms with E-state index >= 15 is 0 Å². The monoisotopic (exact) mass is 654 g/mol. The molecule has 0 fully saturated rings. The van der Waals surface area contributed by atoms with E-state index in [1.54, 1.807) is 0 Å². The summed E-state index contributed by atoms with van der Waals surface area (Å²) in [6.45, 7) is 0. The van der Waals surface area contributed by atoms with Crippen LogP contribution in [0.1, 0.15) is 0 Å². The van der Waals surface area contributed by atoms with E-state index in [-0.39, 0.29) is 0 Å². The number of fused-ring (bicyclic) bond motifs is 9. The molecule has 6 nitrogen and oxygen atoms in total. The molecule has 7 aromatic carbocycles. The van der Waals surface area contributed by atoms with E-state index in [0.717, 1.165) is 77.3 Å². The van der Waals surface area contributed by atoms with Crippen molar-refractivity contribution in [3.63, 3.8) is 0 Å². The second kappa shape index (κ2) is 10.7. The molecule has 0 spiro atoms. The highest BCUT2D eigenvalue weighted by atomic mass is 16.3. The molecule has 11 aromatic rings. The van der Waals surface area contributed by atoms with Gasteiger partial charge >= 0.3 is 0 Å². The summed E-state index contributed by atoms with van der Waals surface area (Å²) in [5.41, 5.74) is 9.16. The average Bonchev–Trinajstić information content (AvgIpc) is 3.86. The van der Waals surface area contributed by atoms with Crippen LogP contribution in [0, 0.1) is 0 Å². The molecule has 0 amide bonds. The quantitative estimate of drug-likeness (QED) is 0.189. The Bertz CT molecular complexity index is 2980. The van der Waals surface area contributed by atoms with Crippen LogP contribution in [0.5, 0.6) is 0 Å². The van der Waals surface area contributed by atoms with Crippen molar-refractivity contribution in [1.29, 1.82) is 0 Å². The van der Waals surface area contributed by atoms with Gasteiger partial charge in [-0.05, 0) is 60.7 Å². The molecule has 6 heteroatoms.